The number of benzene rings is 1. The second-order valence-electron chi connectivity index (χ2n) is 7.14. The molecule has 1 amide bonds. The number of aromatic nitrogens is 3. The molecular formula is C21H24N4O. The summed E-state index contributed by atoms with van der Waals surface area (Å²) < 4.78 is 1.76. The Balaban J connectivity index is 1.86. The van der Waals surface area contributed by atoms with E-state index in [9.17, 15) is 4.79 Å². The fourth-order valence-corrected chi connectivity index (χ4v) is 3.71. The number of carbonyl (C=O) groups excluding carboxylic acids is 1. The van der Waals surface area contributed by atoms with Gasteiger partial charge in [-0.15, -0.1) is 0 Å². The van der Waals surface area contributed by atoms with Crippen LogP contribution in [-0.4, -0.2) is 38.7 Å². The minimum Gasteiger partial charge on any atom is -0.339 e. The smallest absolute Gasteiger partial charge is 0.254 e. The molecular weight excluding hydrogens is 324 g/mol. The molecule has 1 aliphatic rings. The lowest BCUT2D eigenvalue weighted by atomic mass is 10.0. The molecule has 1 aromatic carbocycles. The number of hydrogen-bond acceptors (Lipinski definition) is 3. The molecule has 0 spiro atoms. The maximum Gasteiger partial charge on any atom is 0.254 e. The van der Waals surface area contributed by atoms with E-state index in [2.05, 4.69) is 5.10 Å². The van der Waals surface area contributed by atoms with Crippen molar-refractivity contribution in [3.8, 4) is 11.3 Å². The van der Waals surface area contributed by atoms with Crippen molar-refractivity contribution in [2.75, 3.05) is 13.1 Å². The average molecular weight is 348 g/mol. The monoisotopic (exact) mass is 348 g/mol. The van der Waals surface area contributed by atoms with Crippen molar-refractivity contribution in [1.82, 2.24) is 19.7 Å². The molecule has 0 N–H and O–H groups in total. The van der Waals surface area contributed by atoms with Gasteiger partial charge >= 0.3 is 0 Å². The van der Waals surface area contributed by atoms with E-state index in [1.807, 2.05) is 49.3 Å². The first kappa shape index (κ1) is 16.8. The molecule has 4 rings (SSSR count). The van der Waals surface area contributed by atoms with Gasteiger partial charge < -0.3 is 4.90 Å². The molecule has 0 aliphatic carbocycles. The molecule has 3 heterocycles. The summed E-state index contributed by atoms with van der Waals surface area (Å²) in [7, 11) is 1.89. The Hall–Kier alpha value is -2.69. The molecule has 26 heavy (non-hydrogen) atoms. The predicted molar refractivity (Wildman–Crippen MR) is 103 cm³/mol. The summed E-state index contributed by atoms with van der Waals surface area (Å²) in [6.45, 7) is 3.73. The number of hydrogen-bond donors (Lipinski definition) is 0. The Morgan fingerprint density at radius 1 is 1.12 bits per heavy atom. The lowest BCUT2D eigenvalue weighted by Gasteiger charge is -2.21. The van der Waals surface area contributed by atoms with Crippen molar-refractivity contribution in [2.24, 2.45) is 7.05 Å². The highest BCUT2D eigenvalue weighted by Gasteiger charge is 2.21. The predicted octanol–water partition coefficient (Wildman–Crippen LogP) is 3.96. The van der Waals surface area contributed by atoms with Crippen LogP contribution in [-0.2, 0) is 7.05 Å². The number of amides is 1. The van der Waals surface area contributed by atoms with Gasteiger partial charge in [-0.05, 0) is 31.4 Å². The molecule has 0 unspecified atom stereocenters. The van der Waals surface area contributed by atoms with Crippen molar-refractivity contribution in [2.45, 2.75) is 32.6 Å². The maximum atomic E-state index is 13.3. The van der Waals surface area contributed by atoms with Gasteiger partial charge in [-0.3, -0.25) is 9.48 Å². The summed E-state index contributed by atoms with van der Waals surface area (Å²) >= 11 is 0. The molecule has 1 fully saturated rings. The van der Waals surface area contributed by atoms with Crippen LogP contribution >= 0.6 is 0 Å². The van der Waals surface area contributed by atoms with Crippen molar-refractivity contribution >= 4 is 16.8 Å². The summed E-state index contributed by atoms with van der Waals surface area (Å²) in [5, 5.41) is 5.19. The third-order valence-electron chi connectivity index (χ3n) is 5.17. The molecule has 0 bridgehead atoms. The number of pyridine rings is 1. The van der Waals surface area contributed by atoms with Crippen LogP contribution in [0.15, 0.2) is 36.7 Å². The minimum absolute atomic E-state index is 0.120. The molecule has 1 saturated heterocycles. The maximum absolute atomic E-state index is 13.3. The van der Waals surface area contributed by atoms with Gasteiger partial charge in [0.25, 0.3) is 5.91 Å². The Morgan fingerprint density at radius 3 is 2.58 bits per heavy atom. The highest BCUT2D eigenvalue weighted by molar-refractivity contribution is 6.07. The number of aryl methyl sites for hydroxylation is 2. The topological polar surface area (TPSA) is 51.0 Å². The third-order valence-corrected chi connectivity index (χ3v) is 5.17. The second kappa shape index (κ2) is 6.90. The number of rotatable bonds is 2. The molecule has 5 nitrogen and oxygen atoms in total. The highest BCUT2D eigenvalue weighted by atomic mass is 16.2. The number of carbonyl (C=O) groups is 1. The zero-order valence-corrected chi connectivity index (χ0v) is 15.4. The van der Waals surface area contributed by atoms with Crippen molar-refractivity contribution in [1.29, 1.82) is 0 Å². The molecule has 3 aromatic rings. The van der Waals surface area contributed by atoms with E-state index < -0.39 is 0 Å². The summed E-state index contributed by atoms with van der Waals surface area (Å²) in [4.78, 5) is 20.2. The first-order valence-electron chi connectivity index (χ1n) is 9.32. The van der Waals surface area contributed by atoms with Crippen LogP contribution in [0.3, 0.4) is 0 Å². The molecule has 0 saturated carbocycles. The Labute approximate surface area is 153 Å². The van der Waals surface area contributed by atoms with Crippen LogP contribution in [0.25, 0.3) is 22.2 Å². The first-order valence-corrected chi connectivity index (χ1v) is 9.32. The Kier molecular flexibility index (Phi) is 4.45. The molecule has 0 radical (unpaired) electrons. The third kappa shape index (κ3) is 3.09. The quantitative estimate of drug-likeness (QED) is 0.704. The van der Waals surface area contributed by atoms with E-state index in [4.69, 9.17) is 4.98 Å². The zero-order valence-electron chi connectivity index (χ0n) is 15.4. The molecule has 2 aromatic heterocycles. The SMILES string of the molecule is Cc1cccc2c(C(=O)N3CCCCCC3)cc(-c3cnn(C)c3)nc12. The fraction of sp³-hybridized carbons (Fsp3) is 0.381. The van der Waals surface area contributed by atoms with E-state index in [-0.39, 0.29) is 5.91 Å². The average Bonchev–Trinajstić information content (AvgIpc) is 2.91. The van der Waals surface area contributed by atoms with Gasteiger partial charge in [-0.2, -0.15) is 5.10 Å². The van der Waals surface area contributed by atoms with E-state index in [1.54, 1.807) is 10.9 Å². The van der Waals surface area contributed by atoms with Crippen molar-refractivity contribution in [3.63, 3.8) is 0 Å². The Bertz CT molecular complexity index is 952. The summed E-state index contributed by atoms with van der Waals surface area (Å²) in [6.07, 6.45) is 8.33. The van der Waals surface area contributed by atoms with Gasteiger partial charge in [-0.25, -0.2) is 4.98 Å². The normalized spacial score (nSPS) is 15.2. The number of para-hydroxylation sites is 1. The van der Waals surface area contributed by atoms with Crippen molar-refractivity contribution < 1.29 is 4.79 Å². The van der Waals surface area contributed by atoms with Crippen LogP contribution < -0.4 is 0 Å². The zero-order chi connectivity index (χ0) is 18.1. The second-order valence-corrected chi connectivity index (χ2v) is 7.14. The molecule has 5 heteroatoms. The molecule has 134 valence electrons. The first-order chi connectivity index (χ1) is 12.6. The van der Waals surface area contributed by atoms with E-state index >= 15 is 0 Å². The lowest BCUT2D eigenvalue weighted by molar-refractivity contribution is 0.0763. The van der Waals surface area contributed by atoms with E-state index in [0.717, 1.165) is 59.2 Å². The van der Waals surface area contributed by atoms with Crippen LogP contribution in [0.2, 0.25) is 0 Å². The summed E-state index contributed by atoms with van der Waals surface area (Å²) in [5.74, 6) is 0.120. The van der Waals surface area contributed by atoms with Crippen LogP contribution in [0.1, 0.15) is 41.6 Å². The van der Waals surface area contributed by atoms with Crippen LogP contribution in [0.5, 0.6) is 0 Å². The number of likely N-dealkylation sites (tertiary alicyclic amines) is 1. The van der Waals surface area contributed by atoms with Gasteiger partial charge in [0.15, 0.2) is 0 Å². The van der Waals surface area contributed by atoms with Crippen LogP contribution in [0.4, 0.5) is 0 Å². The summed E-state index contributed by atoms with van der Waals surface area (Å²) in [5.41, 5.74) is 4.46. The number of fused-ring (bicyclic) bond motifs is 1. The molecule has 0 atom stereocenters. The standard InChI is InChI=1S/C21H24N4O/c1-15-8-7-9-17-18(21(26)25-10-5-3-4-6-11-25)12-19(23-20(15)17)16-13-22-24(2)14-16/h7-9,12-14H,3-6,10-11H2,1-2H3. The van der Waals surface area contributed by atoms with E-state index in [1.165, 1.54) is 12.8 Å². The van der Waals surface area contributed by atoms with Crippen LogP contribution in [0, 0.1) is 6.92 Å². The van der Waals surface area contributed by atoms with Gasteiger partial charge in [0, 0.05) is 37.3 Å². The lowest BCUT2D eigenvalue weighted by Crippen LogP contribution is -2.32. The Morgan fingerprint density at radius 2 is 1.88 bits per heavy atom. The minimum atomic E-state index is 0.120. The fourth-order valence-electron chi connectivity index (χ4n) is 3.71. The largest absolute Gasteiger partial charge is 0.339 e. The van der Waals surface area contributed by atoms with E-state index in [0.29, 0.717) is 0 Å². The van der Waals surface area contributed by atoms with Crippen molar-refractivity contribution in [3.05, 3.63) is 47.8 Å². The molecule has 1 aliphatic heterocycles. The van der Waals surface area contributed by atoms with Gasteiger partial charge in [0.1, 0.15) is 0 Å². The summed E-state index contributed by atoms with van der Waals surface area (Å²) in [6, 6.07) is 7.99. The van der Waals surface area contributed by atoms with Gasteiger partial charge in [-0.1, -0.05) is 31.0 Å². The van der Waals surface area contributed by atoms with Gasteiger partial charge in [0.2, 0.25) is 0 Å². The number of nitrogens with zero attached hydrogens (tertiary/aromatic N) is 4. The van der Waals surface area contributed by atoms with Gasteiger partial charge in [0.05, 0.1) is 23.0 Å². The highest BCUT2D eigenvalue weighted by Crippen LogP contribution is 2.28.